The molecule has 0 saturated carbocycles. The first-order valence-electron chi connectivity index (χ1n) is 15.4. The second kappa shape index (κ2) is 12.5. The predicted octanol–water partition coefficient (Wildman–Crippen LogP) is 9.05. The van der Waals surface area contributed by atoms with Gasteiger partial charge in [-0.05, 0) is 56.0 Å². The zero-order valence-corrected chi connectivity index (χ0v) is 27.3. The third-order valence-corrected chi connectivity index (χ3v) is 9.77. The van der Waals surface area contributed by atoms with E-state index in [1.165, 1.54) is 12.1 Å². The van der Waals surface area contributed by atoms with E-state index in [-0.39, 0.29) is 34.0 Å². The third-order valence-electron chi connectivity index (χ3n) is 9.06. The lowest BCUT2D eigenvalue weighted by atomic mass is 9.99. The van der Waals surface area contributed by atoms with E-state index in [1.807, 2.05) is 59.1 Å². The molecule has 47 heavy (non-hydrogen) atoms. The quantitative estimate of drug-likeness (QED) is 0.181. The SMILES string of the molecule is CC(Oc1cc(-c2cnn(C3CCN(C(=O)OC4c5ccccc5-c5ccccc54)C(C)C3)c2)cnc1N)c1c(Cl)ccc(F)c1Cl. The van der Waals surface area contributed by atoms with Crippen molar-refractivity contribution in [2.45, 2.75) is 51.0 Å². The molecule has 2 aromatic heterocycles. The molecule has 3 aromatic carbocycles. The summed E-state index contributed by atoms with van der Waals surface area (Å²) in [5.74, 6) is -0.0995. The van der Waals surface area contributed by atoms with Crippen molar-refractivity contribution in [2.24, 2.45) is 0 Å². The number of carbonyl (C=O) groups excluding carboxylic acids is 1. The Balaban J connectivity index is 1.03. The van der Waals surface area contributed by atoms with E-state index >= 15 is 0 Å². The number of anilines is 1. The van der Waals surface area contributed by atoms with Gasteiger partial charge in [0.2, 0.25) is 0 Å². The summed E-state index contributed by atoms with van der Waals surface area (Å²) in [6.45, 7) is 4.30. The second-order valence-corrected chi connectivity index (χ2v) is 12.8. The number of ether oxygens (including phenoxy) is 2. The summed E-state index contributed by atoms with van der Waals surface area (Å²) in [6.07, 6.45) is 5.38. The molecule has 0 spiro atoms. The van der Waals surface area contributed by atoms with E-state index in [0.717, 1.165) is 46.2 Å². The molecule has 0 radical (unpaired) electrons. The zero-order valence-electron chi connectivity index (χ0n) is 25.7. The van der Waals surface area contributed by atoms with Crippen LogP contribution >= 0.6 is 23.2 Å². The van der Waals surface area contributed by atoms with Crippen molar-refractivity contribution in [3.63, 3.8) is 0 Å². The first-order chi connectivity index (χ1) is 22.7. The van der Waals surface area contributed by atoms with Crippen molar-refractivity contribution in [2.75, 3.05) is 12.3 Å². The Morgan fingerprint density at radius 1 is 1.02 bits per heavy atom. The first-order valence-corrected chi connectivity index (χ1v) is 16.2. The highest BCUT2D eigenvalue weighted by Crippen LogP contribution is 2.45. The van der Waals surface area contributed by atoms with Crippen LogP contribution in [0.15, 0.2) is 85.3 Å². The topological polar surface area (TPSA) is 95.5 Å². The number of carbonyl (C=O) groups is 1. The van der Waals surface area contributed by atoms with Gasteiger partial charge in [-0.3, -0.25) is 4.68 Å². The van der Waals surface area contributed by atoms with E-state index in [4.69, 9.17) is 38.4 Å². The van der Waals surface area contributed by atoms with Crippen LogP contribution in [0.2, 0.25) is 10.0 Å². The van der Waals surface area contributed by atoms with E-state index in [9.17, 15) is 9.18 Å². The number of fused-ring (bicyclic) bond motifs is 3. The van der Waals surface area contributed by atoms with Crippen molar-refractivity contribution >= 4 is 35.1 Å². The average Bonchev–Trinajstić information content (AvgIpc) is 3.68. The molecule has 1 amide bonds. The second-order valence-electron chi connectivity index (χ2n) is 12.0. The number of hydrogen-bond donors (Lipinski definition) is 1. The van der Waals surface area contributed by atoms with Gasteiger partial charge in [-0.15, -0.1) is 0 Å². The maximum absolute atomic E-state index is 14.1. The van der Waals surface area contributed by atoms with Gasteiger partial charge in [-0.25, -0.2) is 14.2 Å². The maximum Gasteiger partial charge on any atom is 0.410 e. The van der Waals surface area contributed by atoms with Gasteiger partial charge in [-0.2, -0.15) is 5.10 Å². The number of benzene rings is 3. The van der Waals surface area contributed by atoms with Gasteiger partial charge < -0.3 is 20.1 Å². The molecule has 1 fully saturated rings. The number of piperidine rings is 1. The van der Waals surface area contributed by atoms with Crippen molar-refractivity contribution in [1.29, 1.82) is 0 Å². The highest BCUT2D eigenvalue weighted by molar-refractivity contribution is 6.36. The Labute approximate surface area is 281 Å². The maximum atomic E-state index is 14.1. The normalized spacial score (nSPS) is 18.0. The Morgan fingerprint density at radius 3 is 2.43 bits per heavy atom. The number of nitrogens with two attached hydrogens (primary N) is 1. The van der Waals surface area contributed by atoms with Gasteiger partial charge in [0.25, 0.3) is 0 Å². The van der Waals surface area contributed by atoms with Gasteiger partial charge in [0.05, 0.1) is 17.3 Å². The highest BCUT2D eigenvalue weighted by atomic mass is 35.5. The Bertz CT molecular complexity index is 1940. The molecule has 3 unspecified atom stereocenters. The van der Waals surface area contributed by atoms with Crippen LogP contribution in [0.1, 0.15) is 61.6 Å². The van der Waals surface area contributed by atoms with E-state index < -0.39 is 18.0 Å². The van der Waals surface area contributed by atoms with E-state index in [2.05, 4.69) is 22.2 Å². The van der Waals surface area contributed by atoms with Crippen LogP contribution in [0.5, 0.6) is 5.75 Å². The number of nitrogens with zero attached hydrogens (tertiary/aromatic N) is 4. The van der Waals surface area contributed by atoms with E-state index in [1.54, 1.807) is 25.4 Å². The van der Waals surface area contributed by atoms with Gasteiger partial charge in [0.15, 0.2) is 17.7 Å². The molecule has 1 aliphatic carbocycles. The third kappa shape index (κ3) is 5.79. The Hall–Kier alpha value is -4.60. The standard InChI is InChI=1S/C36H32Cl2FN5O3/c1-20-15-24(13-14-43(20)36(45)47-34-27-9-5-3-7-25(27)26-8-4-6-10-28(26)34)44-19-23(18-42-44)22-16-31(35(40)41-17-22)46-21(2)32-29(37)11-12-30(39)33(32)38/h3-12,16-21,24,34H,13-15H2,1-2H3,(H2,40,41). The smallest absolute Gasteiger partial charge is 0.410 e. The average molecular weight is 673 g/mol. The largest absolute Gasteiger partial charge is 0.482 e. The summed E-state index contributed by atoms with van der Waals surface area (Å²) in [5, 5.41) is 4.84. The van der Waals surface area contributed by atoms with Gasteiger partial charge in [-0.1, -0.05) is 71.7 Å². The fourth-order valence-electron chi connectivity index (χ4n) is 6.62. The number of aromatic nitrogens is 3. The van der Waals surface area contributed by atoms with Crippen LogP contribution in [0.4, 0.5) is 15.0 Å². The fraction of sp³-hybridized carbons (Fsp3) is 0.250. The first kappa shape index (κ1) is 31.0. The van der Waals surface area contributed by atoms with Gasteiger partial charge in [0.1, 0.15) is 11.9 Å². The van der Waals surface area contributed by atoms with E-state index in [0.29, 0.717) is 17.9 Å². The summed E-state index contributed by atoms with van der Waals surface area (Å²) in [5.41, 5.74) is 12.3. The summed E-state index contributed by atoms with van der Waals surface area (Å²) in [6, 6.07) is 20.6. The van der Waals surface area contributed by atoms with Crippen LogP contribution < -0.4 is 10.5 Å². The molecule has 7 rings (SSSR count). The monoisotopic (exact) mass is 671 g/mol. The number of nitrogen functional groups attached to an aromatic ring is 1. The fourth-order valence-corrected chi connectivity index (χ4v) is 7.30. The van der Waals surface area contributed by atoms with Crippen molar-refractivity contribution in [3.8, 4) is 28.0 Å². The molecule has 240 valence electrons. The molecular weight excluding hydrogens is 640 g/mol. The summed E-state index contributed by atoms with van der Waals surface area (Å²) in [7, 11) is 0. The molecule has 1 saturated heterocycles. The molecule has 3 atom stereocenters. The van der Waals surface area contributed by atoms with Gasteiger partial charge >= 0.3 is 6.09 Å². The zero-order chi connectivity index (χ0) is 32.8. The molecule has 11 heteroatoms. The molecule has 2 N–H and O–H groups in total. The molecule has 5 aromatic rings. The van der Waals surface area contributed by atoms with Crippen molar-refractivity contribution in [1.82, 2.24) is 19.7 Å². The number of rotatable bonds is 6. The number of pyridine rings is 1. The number of likely N-dealkylation sites (tertiary alicyclic amines) is 1. The molecule has 2 aliphatic rings. The number of amides is 1. The summed E-state index contributed by atoms with van der Waals surface area (Å²) < 4.78 is 28.3. The van der Waals surface area contributed by atoms with Gasteiger partial charge in [0, 0.05) is 57.8 Å². The summed E-state index contributed by atoms with van der Waals surface area (Å²) >= 11 is 12.5. The van der Waals surface area contributed by atoms with Crippen LogP contribution in [0.25, 0.3) is 22.3 Å². The lowest BCUT2D eigenvalue weighted by Crippen LogP contribution is -2.45. The van der Waals surface area contributed by atoms with Crippen LogP contribution in [-0.4, -0.2) is 38.3 Å². The molecular formula is C36H32Cl2FN5O3. The highest BCUT2D eigenvalue weighted by Gasteiger charge is 2.36. The minimum atomic E-state index is -0.690. The predicted molar refractivity (Wildman–Crippen MR) is 180 cm³/mol. The molecule has 0 bridgehead atoms. The number of halogens is 3. The lowest BCUT2D eigenvalue weighted by Gasteiger charge is -2.37. The molecule has 8 nitrogen and oxygen atoms in total. The van der Waals surface area contributed by atoms with Crippen LogP contribution in [0.3, 0.4) is 0 Å². The summed E-state index contributed by atoms with van der Waals surface area (Å²) in [4.78, 5) is 19.6. The number of hydrogen-bond acceptors (Lipinski definition) is 6. The van der Waals surface area contributed by atoms with Crippen LogP contribution in [-0.2, 0) is 4.74 Å². The van der Waals surface area contributed by atoms with Crippen molar-refractivity contribution < 1.29 is 18.7 Å². The lowest BCUT2D eigenvalue weighted by molar-refractivity contribution is 0.0490. The van der Waals surface area contributed by atoms with Crippen LogP contribution in [0, 0.1) is 5.82 Å². The molecule has 1 aliphatic heterocycles. The Morgan fingerprint density at radius 2 is 1.72 bits per heavy atom. The Kier molecular flexibility index (Phi) is 8.28. The minimum absolute atomic E-state index is 0.0538. The minimum Gasteiger partial charge on any atom is -0.482 e. The molecule has 3 heterocycles. The van der Waals surface area contributed by atoms with Crippen molar-refractivity contribution in [3.05, 3.63) is 118 Å².